The molecule has 1 aromatic heterocycles. The fraction of sp³-hybridized carbons (Fsp3) is 0.714. The molecule has 0 aromatic carbocycles. The number of carbonyl (C=O) groups is 1. The molecular formula is C14H21N3O2. The van der Waals surface area contributed by atoms with Crippen LogP contribution in [0.1, 0.15) is 37.7 Å². The highest BCUT2D eigenvalue weighted by atomic mass is 16.5. The van der Waals surface area contributed by atoms with Crippen molar-refractivity contribution in [2.75, 3.05) is 6.61 Å². The van der Waals surface area contributed by atoms with Gasteiger partial charge in [-0.15, -0.1) is 0 Å². The highest BCUT2D eigenvalue weighted by Gasteiger charge is 2.34. The van der Waals surface area contributed by atoms with E-state index in [1.54, 1.807) is 4.68 Å². The zero-order chi connectivity index (χ0) is 13.2. The Morgan fingerprint density at radius 3 is 2.95 bits per heavy atom. The van der Waals surface area contributed by atoms with Gasteiger partial charge in [-0.1, -0.05) is 0 Å². The minimum Gasteiger partial charge on any atom is -0.378 e. The van der Waals surface area contributed by atoms with E-state index in [2.05, 4.69) is 5.10 Å². The lowest BCUT2D eigenvalue weighted by atomic mass is 10.1. The zero-order valence-electron chi connectivity index (χ0n) is 11.4. The maximum Gasteiger partial charge on any atom is 0.225 e. The van der Waals surface area contributed by atoms with Crippen LogP contribution in [0.5, 0.6) is 0 Å². The summed E-state index contributed by atoms with van der Waals surface area (Å²) in [6.07, 6.45) is 8.89. The van der Waals surface area contributed by atoms with Gasteiger partial charge in [0.1, 0.15) is 0 Å². The van der Waals surface area contributed by atoms with Crippen LogP contribution in [0.3, 0.4) is 0 Å². The standard InChI is InChI=1S/C14H21N3O2/c1-16-9-11(8-15-16)10-17(12-4-5-12)14(18)7-13-3-2-6-19-13/h8-9,12-13H,2-7,10H2,1H3/t13-/m1/s1. The predicted molar refractivity (Wildman–Crippen MR) is 70.4 cm³/mol. The van der Waals surface area contributed by atoms with Gasteiger partial charge >= 0.3 is 0 Å². The van der Waals surface area contributed by atoms with Gasteiger partial charge in [-0.05, 0) is 25.7 Å². The molecule has 1 amide bonds. The Balaban J connectivity index is 1.61. The lowest BCUT2D eigenvalue weighted by Gasteiger charge is -2.23. The molecule has 1 atom stereocenters. The molecule has 2 aliphatic rings. The van der Waals surface area contributed by atoms with Crippen molar-refractivity contribution in [2.24, 2.45) is 7.05 Å². The van der Waals surface area contributed by atoms with E-state index in [4.69, 9.17) is 4.74 Å². The third-order valence-corrected chi connectivity index (χ3v) is 3.85. The highest BCUT2D eigenvalue weighted by Crippen LogP contribution is 2.30. The first-order chi connectivity index (χ1) is 9.22. The van der Waals surface area contributed by atoms with Crippen molar-refractivity contribution in [3.63, 3.8) is 0 Å². The van der Waals surface area contributed by atoms with Crippen LogP contribution >= 0.6 is 0 Å². The molecule has 19 heavy (non-hydrogen) atoms. The van der Waals surface area contributed by atoms with Crippen molar-refractivity contribution in [3.05, 3.63) is 18.0 Å². The minimum absolute atomic E-state index is 0.141. The lowest BCUT2D eigenvalue weighted by Crippen LogP contribution is -2.34. The summed E-state index contributed by atoms with van der Waals surface area (Å²) in [5.74, 6) is 0.234. The van der Waals surface area contributed by atoms with Gasteiger partial charge < -0.3 is 9.64 Å². The Morgan fingerprint density at radius 1 is 1.53 bits per heavy atom. The molecule has 5 nitrogen and oxygen atoms in total. The summed E-state index contributed by atoms with van der Waals surface area (Å²) in [4.78, 5) is 14.4. The van der Waals surface area contributed by atoms with E-state index >= 15 is 0 Å². The Kier molecular flexibility index (Phi) is 3.55. The molecule has 1 saturated heterocycles. The molecule has 0 N–H and O–H groups in total. The fourth-order valence-electron chi connectivity index (χ4n) is 2.67. The number of aromatic nitrogens is 2. The largest absolute Gasteiger partial charge is 0.378 e. The maximum absolute atomic E-state index is 12.4. The monoisotopic (exact) mass is 263 g/mol. The number of hydrogen-bond donors (Lipinski definition) is 0. The topological polar surface area (TPSA) is 47.4 Å². The first-order valence-corrected chi connectivity index (χ1v) is 7.11. The first-order valence-electron chi connectivity index (χ1n) is 7.11. The highest BCUT2D eigenvalue weighted by molar-refractivity contribution is 5.77. The van der Waals surface area contributed by atoms with Gasteiger partial charge in [-0.25, -0.2) is 0 Å². The number of amides is 1. The molecule has 0 radical (unpaired) electrons. The summed E-state index contributed by atoms with van der Waals surface area (Å²) in [5.41, 5.74) is 1.11. The van der Waals surface area contributed by atoms with Crippen LogP contribution in [0.2, 0.25) is 0 Å². The second-order valence-electron chi connectivity index (χ2n) is 5.61. The van der Waals surface area contributed by atoms with E-state index in [1.807, 2.05) is 24.3 Å². The molecule has 104 valence electrons. The number of carbonyl (C=O) groups excluding carboxylic acids is 1. The zero-order valence-corrected chi connectivity index (χ0v) is 11.4. The van der Waals surface area contributed by atoms with Crippen molar-refractivity contribution < 1.29 is 9.53 Å². The van der Waals surface area contributed by atoms with E-state index in [0.717, 1.165) is 37.9 Å². The molecular weight excluding hydrogens is 242 g/mol. The van der Waals surface area contributed by atoms with Crippen LogP contribution < -0.4 is 0 Å². The quantitative estimate of drug-likeness (QED) is 0.808. The molecule has 3 rings (SSSR count). The van der Waals surface area contributed by atoms with Crippen LogP contribution in [0, 0.1) is 0 Å². The Bertz CT molecular complexity index is 447. The Labute approximate surface area is 113 Å². The summed E-state index contributed by atoms with van der Waals surface area (Å²) in [7, 11) is 1.90. The SMILES string of the molecule is Cn1cc(CN(C(=O)C[C@H]2CCCO2)C2CC2)cn1. The molecule has 0 bridgehead atoms. The van der Waals surface area contributed by atoms with Crippen LogP contribution in [0.15, 0.2) is 12.4 Å². The second kappa shape index (κ2) is 5.33. The smallest absolute Gasteiger partial charge is 0.225 e. The van der Waals surface area contributed by atoms with E-state index in [0.29, 0.717) is 19.0 Å². The van der Waals surface area contributed by atoms with Crippen molar-refractivity contribution >= 4 is 5.91 Å². The fourth-order valence-corrected chi connectivity index (χ4v) is 2.67. The van der Waals surface area contributed by atoms with Crippen LogP contribution in [-0.4, -0.2) is 39.3 Å². The lowest BCUT2D eigenvalue weighted by molar-refractivity contribution is -0.134. The number of ether oxygens (including phenoxy) is 1. The number of hydrogen-bond acceptors (Lipinski definition) is 3. The van der Waals surface area contributed by atoms with Crippen molar-refractivity contribution in [1.29, 1.82) is 0 Å². The molecule has 5 heteroatoms. The molecule has 1 aliphatic carbocycles. The van der Waals surface area contributed by atoms with E-state index in [-0.39, 0.29) is 12.0 Å². The summed E-state index contributed by atoms with van der Waals surface area (Å²) >= 11 is 0. The van der Waals surface area contributed by atoms with Crippen LogP contribution in [0.4, 0.5) is 0 Å². The minimum atomic E-state index is 0.141. The Hall–Kier alpha value is -1.36. The van der Waals surface area contributed by atoms with E-state index in [9.17, 15) is 4.79 Å². The van der Waals surface area contributed by atoms with E-state index in [1.165, 1.54) is 0 Å². The Morgan fingerprint density at radius 2 is 2.37 bits per heavy atom. The van der Waals surface area contributed by atoms with Gasteiger partial charge in [0.2, 0.25) is 5.91 Å². The van der Waals surface area contributed by atoms with Crippen LogP contribution in [-0.2, 0) is 23.1 Å². The molecule has 1 saturated carbocycles. The number of aryl methyl sites for hydroxylation is 1. The van der Waals surface area contributed by atoms with Gasteiger partial charge in [0.25, 0.3) is 0 Å². The predicted octanol–water partition coefficient (Wildman–Crippen LogP) is 1.48. The van der Waals surface area contributed by atoms with Crippen molar-refractivity contribution in [3.8, 4) is 0 Å². The molecule has 0 spiro atoms. The molecule has 2 fully saturated rings. The van der Waals surface area contributed by atoms with E-state index < -0.39 is 0 Å². The number of nitrogens with zero attached hydrogens (tertiary/aromatic N) is 3. The number of rotatable bonds is 5. The molecule has 0 unspecified atom stereocenters. The summed E-state index contributed by atoms with van der Waals surface area (Å²) in [6.45, 7) is 1.49. The summed E-state index contributed by atoms with van der Waals surface area (Å²) in [6, 6.07) is 0.439. The van der Waals surface area contributed by atoms with Crippen LogP contribution in [0.25, 0.3) is 0 Å². The average Bonchev–Trinajstić information content (AvgIpc) is 2.94. The summed E-state index contributed by atoms with van der Waals surface area (Å²) < 4.78 is 7.35. The maximum atomic E-state index is 12.4. The molecule has 1 aliphatic heterocycles. The normalized spacial score (nSPS) is 22.7. The third-order valence-electron chi connectivity index (χ3n) is 3.85. The first kappa shape index (κ1) is 12.7. The van der Waals surface area contributed by atoms with Crippen molar-refractivity contribution in [1.82, 2.24) is 14.7 Å². The molecule has 2 heterocycles. The van der Waals surface area contributed by atoms with Crippen molar-refractivity contribution in [2.45, 2.75) is 50.8 Å². The van der Waals surface area contributed by atoms with Gasteiger partial charge in [-0.3, -0.25) is 9.48 Å². The molecule has 1 aromatic rings. The summed E-state index contributed by atoms with van der Waals surface area (Å²) in [5, 5.41) is 4.17. The van der Waals surface area contributed by atoms with Gasteiger partial charge in [-0.2, -0.15) is 5.10 Å². The average molecular weight is 263 g/mol. The van der Waals surface area contributed by atoms with Gasteiger partial charge in [0, 0.05) is 38.0 Å². The third kappa shape index (κ3) is 3.15. The van der Waals surface area contributed by atoms with Gasteiger partial charge in [0.05, 0.1) is 18.7 Å². The van der Waals surface area contributed by atoms with Gasteiger partial charge in [0.15, 0.2) is 0 Å². The second-order valence-corrected chi connectivity index (χ2v) is 5.61.